The molecule has 52 heavy (non-hydrogen) atoms. The van der Waals surface area contributed by atoms with Gasteiger partial charge in [-0.1, -0.05) is 0 Å². The van der Waals surface area contributed by atoms with E-state index < -0.39 is 114 Å². The van der Waals surface area contributed by atoms with Crippen molar-refractivity contribution in [3.63, 3.8) is 0 Å². The topological polar surface area (TPSA) is 336 Å². The number of nitrogens with zero attached hydrogens (tertiary/aromatic N) is 4. The van der Waals surface area contributed by atoms with Gasteiger partial charge in [-0.2, -0.15) is 4.31 Å². The molecule has 2 aliphatic heterocycles. The highest BCUT2D eigenvalue weighted by molar-refractivity contribution is 7.61. The molecule has 0 saturated carbocycles. The summed E-state index contributed by atoms with van der Waals surface area (Å²) in [7, 11) is -11.6. The van der Waals surface area contributed by atoms with Crippen LogP contribution in [-0.2, 0) is 70.1 Å². The number of aliphatic hydroxyl groups excluding tert-OH is 2. The summed E-state index contributed by atoms with van der Waals surface area (Å²) in [6, 6.07) is 0. The van der Waals surface area contributed by atoms with Crippen LogP contribution < -0.4 is 5.73 Å². The minimum absolute atomic E-state index is 0.00312. The van der Waals surface area contributed by atoms with Gasteiger partial charge >= 0.3 is 39.5 Å². The van der Waals surface area contributed by atoms with Crippen LogP contribution in [0, 0.1) is 0 Å². The molecule has 2 saturated heterocycles. The SMILES string of the molecule is CC(=O)OC[C@H](F)C1OC(OP(=O)(O)OP(=O)(O)OCC2OC(n3cnc4c(N)ncnc43)C(O)C2O)C(OC(C)=O)C(OC(C)=O)C1OC(C)=O. The molecule has 0 aliphatic carbocycles. The van der Waals surface area contributed by atoms with Crippen molar-refractivity contribution in [2.75, 3.05) is 18.9 Å². The smallest absolute Gasteiger partial charge is 0.463 e. The third-order valence-electron chi connectivity index (χ3n) is 7.08. The van der Waals surface area contributed by atoms with Crippen LogP contribution in [0.4, 0.5) is 10.2 Å². The molecule has 0 radical (unpaired) electrons. The lowest BCUT2D eigenvalue weighted by atomic mass is 9.95. The molecule has 0 aromatic carbocycles. The molecule has 0 amide bonds. The van der Waals surface area contributed by atoms with Crippen molar-refractivity contribution in [1.82, 2.24) is 19.5 Å². The summed E-state index contributed by atoms with van der Waals surface area (Å²) in [5.74, 6) is -4.31. The van der Waals surface area contributed by atoms with E-state index in [0.29, 0.717) is 0 Å². The number of aromatic nitrogens is 4. The lowest BCUT2D eigenvalue weighted by Crippen LogP contribution is -2.64. The molecular formula is C25H34FN5O19P2. The van der Waals surface area contributed by atoms with Crippen LogP contribution in [0.1, 0.15) is 33.9 Å². The Kier molecular flexibility index (Phi) is 13.0. The van der Waals surface area contributed by atoms with Crippen LogP contribution in [0.3, 0.4) is 0 Å². The first-order valence-corrected chi connectivity index (χ1v) is 17.8. The van der Waals surface area contributed by atoms with E-state index in [-0.39, 0.29) is 17.0 Å². The van der Waals surface area contributed by atoms with Crippen molar-refractivity contribution in [3.05, 3.63) is 12.7 Å². The number of phosphoric acid groups is 2. The number of hydrogen-bond acceptors (Lipinski definition) is 21. The summed E-state index contributed by atoms with van der Waals surface area (Å²) < 4.78 is 87.1. The number of rotatable bonds is 14. The van der Waals surface area contributed by atoms with Gasteiger partial charge < -0.3 is 54.2 Å². The number of phosphoric ester groups is 2. The summed E-state index contributed by atoms with van der Waals surface area (Å²) >= 11 is 0. The van der Waals surface area contributed by atoms with Gasteiger partial charge in [-0.3, -0.25) is 32.8 Å². The van der Waals surface area contributed by atoms with Crippen molar-refractivity contribution in [2.45, 2.75) is 89.1 Å². The van der Waals surface area contributed by atoms with E-state index >= 15 is 4.39 Å². The van der Waals surface area contributed by atoms with Gasteiger partial charge in [0.2, 0.25) is 6.29 Å². The maximum atomic E-state index is 15.4. The highest BCUT2D eigenvalue weighted by Crippen LogP contribution is 2.61. The molecule has 11 unspecified atom stereocenters. The minimum atomic E-state index is -5.93. The average Bonchev–Trinajstić information content (AvgIpc) is 3.57. The van der Waals surface area contributed by atoms with Crippen LogP contribution in [0.2, 0.25) is 0 Å². The molecule has 27 heteroatoms. The van der Waals surface area contributed by atoms with E-state index in [0.717, 1.165) is 34.0 Å². The van der Waals surface area contributed by atoms with Gasteiger partial charge in [-0.15, -0.1) is 0 Å². The number of carbonyl (C=O) groups is 4. The van der Waals surface area contributed by atoms with Crippen LogP contribution in [0.15, 0.2) is 12.7 Å². The molecule has 4 heterocycles. The van der Waals surface area contributed by atoms with Gasteiger partial charge in [0.15, 0.2) is 42.2 Å². The Hall–Kier alpha value is -3.74. The molecule has 2 aromatic heterocycles. The van der Waals surface area contributed by atoms with Crippen molar-refractivity contribution in [2.24, 2.45) is 0 Å². The fourth-order valence-electron chi connectivity index (χ4n) is 5.10. The number of hydrogen-bond donors (Lipinski definition) is 5. The second-order valence-electron chi connectivity index (χ2n) is 11.1. The molecule has 290 valence electrons. The van der Waals surface area contributed by atoms with E-state index in [2.05, 4.69) is 24.0 Å². The number of esters is 4. The van der Waals surface area contributed by atoms with Gasteiger partial charge in [-0.05, 0) is 0 Å². The first-order valence-electron chi connectivity index (χ1n) is 14.8. The van der Waals surface area contributed by atoms with Gasteiger partial charge in [-0.25, -0.2) is 28.5 Å². The summed E-state index contributed by atoms with van der Waals surface area (Å²) in [4.78, 5) is 79.8. The zero-order valence-electron chi connectivity index (χ0n) is 27.4. The number of ether oxygens (including phenoxy) is 6. The predicted octanol–water partition coefficient (Wildman–Crippen LogP) is -1.30. The van der Waals surface area contributed by atoms with E-state index in [1.165, 1.54) is 10.9 Å². The van der Waals surface area contributed by atoms with Crippen molar-refractivity contribution in [1.29, 1.82) is 0 Å². The Labute approximate surface area is 291 Å². The maximum Gasteiger partial charge on any atom is 0.483 e. The van der Waals surface area contributed by atoms with E-state index in [1.807, 2.05) is 0 Å². The van der Waals surface area contributed by atoms with Gasteiger partial charge in [0.1, 0.15) is 42.9 Å². The molecule has 0 bridgehead atoms. The normalized spacial score (nSPS) is 30.4. The first kappa shape index (κ1) is 41.0. The second-order valence-corrected chi connectivity index (χ2v) is 14.1. The molecule has 6 N–H and O–H groups in total. The third kappa shape index (κ3) is 10.0. The number of alkyl halides is 1. The maximum absolute atomic E-state index is 15.4. The number of carbonyl (C=O) groups excluding carboxylic acids is 4. The molecule has 4 rings (SSSR count). The van der Waals surface area contributed by atoms with Crippen LogP contribution >= 0.6 is 15.6 Å². The molecule has 2 aromatic rings. The minimum Gasteiger partial charge on any atom is -0.463 e. The number of nitrogens with two attached hydrogens (primary N) is 1. The Bertz CT molecular complexity index is 1750. The van der Waals surface area contributed by atoms with E-state index in [1.54, 1.807) is 0 Å². The second kappa shape index (κ2) is 16.5. The standard InChI is InChI=1S/C25H34FN5O19P2/c1-9(32)42-5-13(26)18-19(44-10(2)33)20(45-11(3)34)21(46-12(4)35)25(48-18)49-52(40,41)50-51(38,39)43-6-14-16(36)17(37)24(47-14)31-8-30-15-22(27)28-7-29-23(15)31/h7-8,13-14,16-21,24-25,36-37H,5-6H2,1-4H3,(H,38,39)(H,40,41)(H2,27,28,29)/t13-,14?,16?,17?,18?,19?,20?,21?,24?,25?/m0/s1. The van der Waals surface area contributed by atoms with Crippen molar-refractivity contribution < 1.29 is 94.5 Å². The Balaban J connectivity index is 1.52. The number of anilines is 1. The number of aliphatic hydroxyl groups is 2. The molecule has 24 nitrogen and oxygen atoms in total. The fourth-order valence-corrected chi connectivity index (χ4v) is 7.25. The third-order valence-corrected chi connectivity index (χ3v) is 9.68. The first-order chi connectivity index (χ1) is 24.2. The summed E-state index contributed by atoms with van der Waals surface area (Å²) in [6.45, 7) is 1.40. The summed E-state index contributed by atoms with van der Waals surface area (Å²) in [6.07, 6.45) is -17.3. The van der Waals surface area contributed by atoms with Crippen LogP contribution in [0.5, 0.6) is 0 Å². The number of halogens is 1. The molecular weight excluding hydrogens is 755 g/mol. The Morgan fingerprint density at radius 3 is 2.13 bits per heavy atom. The Morgan fingerprint density at radius 1 is 0.904 bits per heavy atom. The van der Waals surface area contributed by atoms with Crippen molar-refractivity contribution >= 4 is 56.5 Å². The molecule has 12 atom stereocenters. The number of imidazole rings is 1. The predicted molar refractivity (Wildman–Crippen MR) is 160 cm³/mol. The quantitative estimate of drug-likeness (QED) is 0.0843. The van der Waals surface area contributed by atoms with Crippen LogP contribution in [-0.4, -0.2) is 132 Å². The van der Waals surface area contributed by atoms with E-state index in [4.69, 9.17) is 38.5 Å². The van der Waals surface area contributed by atoms with Crippen LogP contribution in [0.25, 0.3) is 11.2 Å². The molecule has 2 fully saturated rings. The van der Waals surface area contributed by atoms with Gasteiger partial charge in [0, 0.05) is 27.7 Å². The number of fused-ring (bicyclic) bond motifs is 1. The summed E-state index contributed by atoms with van der Waals surface area (Å²) in [5.41, 5.74) is 5.99. The van der Waals surface area contributed by atoms with Crippen molar-refractivity contribution in [3.8, 4) is 0 Å². The largest absolute Gasteiger partial charge is 0.483 e. The van der Waals surface area contributed by atoms with E-state index in [9.17, 15) is 48.3 Å². The fraction of sp³-hybridized carbons (Fsp3) is 0.640. The summed E-state index contributed by atoms with van der Waals surface area (Å²) in [5, 5.41) is 21.1. The monoisotopic (exact) mass is 789 g/mol. The Morgan fingerprint density at radius 2 is 1.52 bits per heavy atom. The lowest BCUT2D eigenvalue weighted by Gasteiger charge is -2.44. The highest BCUT2D eigenvalue weighted by Gasteiger charge is 2.57. The highest BCUT2D eigenvalue weighted by atomic mass is 31.3. The molecule has 0 spiro atoms. The zero-order valence-corrected chi connectivity index (χ0v) is 29.2. The zero-order chi connectivity index (χ0) is 38.7. The molecule has 2 aliphatic rings. The lowest BCUT2D eigenvalue weighted by molar-refractivity contribution is -0.296. The average molecular weight is 790 g/mol. The van der Waals surface area contributed by atoms with Gasteiger partial charge in [0.05, 0.1) is 12.9 Å². The number of nitrogen functional groups attached to an aromatic ring is 1. The van der Waals surface area contributed by atoms with Gasteiger partial charge in [0.25, 0.3) is 0 Å².